The van der Waals surface area contributed by atoms with Crippen LogP contribution in [0, 0.1) is 0 Å². The van der Waals surface area contributed by atoms with Crippen molar-refractivity contribution in [3.63, 3.8) is 0 Å². The van der Waals surface area contributed by atoms with E-state index in [-0.39, 0.29) is 30.2 Å². The number of rotatable bonds is 6. The van der Waals surface area contributed by atoms with Crippen LogP contribution in [-0.2, 0) is 13.1 Å². The zero-order chi connectivity index (χ0) is 22.7. The average Bonchev–Trinajstić information content (AvgIpc) is 3.29. The molecule has 32 heavy (non-hydrogen) atoms. The van der Waals surface area contributed by atoms with Crippen molar-refractivity contribution in [1.82, 2.24) is 9.55 Å². The fourth-order valence-electron chi connectivity index (χ4n) is 3.35. The molecule has 2 heterocycles. The largest absolute Gasteiger partial charge is 0.467 e. The summed E-state index contributed by atoms with van der Waals surface area (Å²) in [5, 5.41) is 0.365. The second-order valence-electron chi connectivity index (χ2n) is 7.05. The first-order chi connectivity index (χ1) is 15.4. The molecule has 0 bridgehead atoms. The Balaban J connectivity index is 1.85. The molecule has 162 valence electrons. The summed E-state index contributed by atoms with van der Waals surface area (Å²) in [6, 6.07) is 18.8. The first kappa shape index (κ1) is 21.2. The van der Waals surface area contributed by atoms with Crippen molar-refractivity contribution >= 4 is 29.0 Å². The fourth-order valence-corrected chi connectivity index (χ4v) is 3.54. The van der Waals surface area contributed by atoms with Crippen molar-refractivity contribution in [2.45, 2.75) is 13.1 Å². The van der Waals surface area contributed by atoms with Crippen LogP contribution >= 0.6 is 11.6 Å². The number of hydrogen-bond acceptors (Lipinski definition) is 5. The maximum Gasteiger partial charge on any atom is 0.330 e. The highest BCUT2D eigenvalue weighted by atomic mass is 35.5. The van der Waals surface area contributed by atoms with Crippen molar-refractivity contribution in [2.24, 2.45) is 0 Å². The highest BCUT2D eigenvalue weighted by Crippen LogP contribution is 2.24. The Morgan fingerprint density at radius 3 is 2.53 bits per heavy atom. The number of nitrogens with one attached hydrogen (secondary N) is 1. The maximum absolute atomic E-state index is 13.4. The summed E-state index contributed by atoms with van der Waals surface area (Å²) in [5.74, 6) is -0.226. The number of nitrogens with two attached hydrogens (primary N) is 1. The number of amides is 1. The number of benzene rings is 2. The van der Waals surface area contributed by atoms with Crippen LogP contribution in [0.4, 0.5) is 11.5 Å². The molecular formula is C23H19ClN4O4. The number of aromatic nitrogens is 2. The van der Waals surface area contributed by atoms with Gasteiger partial charge in [0.2, 0.25) is 0 Å². The lowest BCUT2D eigenvalue weighted by Gasteiger charge is -2.24. The summed E-state index contributed by atoms with van der Waals surface area (Å²) in [7, 11) is 0. The van der Waals surface area contributed by atoms with Gasteiger partial charge in [-0.2, -0.15) is 0 Å². The summed E-state index contributed by atoms with van der Waals surface area (Å²) in [5.41, 5.74) is 5.76. The SMILES string of the molecule is Nc1c(N(Cc2ccco2)C(=O)c2cccc(Cl)c2)c(=O)[nH]c(=O)n1Cc1ccccc1. The molecule has 0 aliphatic rings. The van der Waals surface area contributed by atoms with Crippen LogP contribution in [0.3, 0.4) is 0 Å². The molecule has 0 saturated heterocycles. The van der Waals surface area contributed by atoms with E-state index < -0.39 is 17.2 Å². The highest BCUT2D eigenvalue weighted by Gasteiger charge is 2.26. The second-order valence-corrected chi connectivity index (χ2v) is 7.48. The average molecular weight is 451 g/mol. The molecule has 0 saturated carbocycles. The zero-order valence-electron chi connectivity index (χ0n) is 16.8. The molecule has 4 rings (SSSR count). The molecule has 0 atom stereocenters. The van der Waals surface area contributed by atoms with Crippen molar-refractivity contribution in [3.05, 3.63) is 116 Å². The van der Waals surface area contributed by atoms with E-state index in [9.17, 15) is 14.4 Å². The van der Waals surface area contributed by atoms with Gasteiger partial charge in [0.1, 0.15) is 11.6 Å². The molecule has 0 unspecified atom stereocenters. The summed E-state index contributed by atoms with van der Waals surface area (Å²) in [6.07, 6.45) is 1.46. The number of hydrogen-bond donors (Lipinski definition) is 2. The molecule has 9 heteroatoms. The standard InChI is InChI=1S/C23H19ClN4O4/c24-17-9-4-8-16(12-17)22(30)27(14-18-10-5-11-32-18)19-20(25)28(23(31)26-21(19)29)13-15-6-2-1-3-7-15/h1-12H,13-14,25H2,(H,26,29,31). The number of furan rings is 1. The quantitative estimate of drug-likeness (QED) is 0.468. The molecule has 0 aliphatic carbocycles. The second kappa shape index (κ2) is 8.99. The minimum absolute atomic E-state index is 0.0742. The number of aromatic amines is 1. The van der Waals surface area contributed by atoms with E-state index in [0.29, 0.717) is 10.8 Å². The smallest absolute Gasteiger partial charge is 0.330 e. The van der Waals surface area contributed by atoms with Crippen LogP contribution in [-0.4, -0.2) is 15.5 Å². The number of halogens is 1. The Hall–Kier alpha value is -4.04. The van der Waals surface area contributed by atoms with E-state index in [1.54, 1.807) is 30.3 Å². The zero-order valence-corrected chi connectivity index (χ0v) is 17.6. The maximum atomic E-state index is 13.4. The van der Waals surface area contributed by atoms with Gasteiger partial charge in [0.05, 0.1) is 19.4 Å². The van der Waals surface area contributed by atoms with E-state index in [1.807, 2.05) is 30.3 Å². The molecule has 3 N–H and O–H groups in total. The highest BCUT2D eigenvalue weighted by molar-refractivity contribution is 6.31. The van der Waals surface area contributed by atoms with Crippen molar-refractivity contribution in [1.29, 1.82) is 0 Å². The Bertz CT molecular complexity index is 1360. The van der Waals surface area contributed by atoms with Crippen LogP contribution in [0.15, 0.2) is 87.0 Å². The van der Waals surface area contributed by atoms with Crippen LogP contribution in [0.1, 0.15) is 21.7 Å². The number of nitrogens with zero attached hydrogens (tertiary/aromatic N) is 2. The van der Waals surface area contributed by atoms with Crippen LogP contribution in [0.2, 0.25) is 5.02 Å². The molecule has 2 aromatic carbocycles. The van der Waals surface area contributed by atoms with Crippen LogP contribution in [0.5, 0.6) is 0 Å². The normalized spacial score (nSPS) is 10.8. The van der Waals surface area contributed by atoms with E-state index in [2.05, 4.69) is 4.98 Å². The first-order valence-electron chi connectivity index (χ1n) is 9.70. The summed E-state index contributed by atoms with van der Waals surface area (Å²) < 4.78 is 6.60. The van der Waals surface area contributed by atoms with Gasteiger partial charge in [-0.15, -0.1) is 0 Å². The summed E-state index contributed by atoms with van der Waals surface area (Å²) in [4.78, 5) is 42.2. The lowest BCUT2D eigenvalue weighted by Crippen LogP contribution is -2.41. The monoisotopic (exact) mass is 450 g/mol. The minimum Gasteiger partial charge on any atom is -0.467 e. The minimum atomic E-state index is -0.779. The molecule has 4 aromatic rings. The van der Waals surface area contributed by atoms with E-state index in [0.717, 1.165) is 5.56 Å². The summed E-state index contributed by atoms with van der Waals surface area (Å²) in [6.45, 7) is 0.0460. The molecule has 0 aliphatic heterocycles. The number of anilines is 2. The van der Waals surface area contributed by atoms with Gasteiger partial charge in [0, 0.05) is 10.6 Å². The van der Waals surface area contributed by atoms with Crippen LogP contribution < -0.4 is 21.9 Å². The third-order valence-corrected chi connectivity index (χ3v) is 5.11. The number of carbonyl (C=O) groups excluding carboxylic acids is 1. The summed E-state index contributed by atoms with van der Waals surface area (Å²) >= 11 is 6.05. The molecule has 8 nitrogen and oxygen atoms in total. The molecule has 1 amide bonds. The predicted octanol–water partition coefficient (Wildman–Crippen LogP) is 3.26. The molecule has 2 aromatic heterocycles. The van der Waals surface area contributed by atoms with Crippen molar-refractivity contribution in [2.75, 3.05) is 10.6 Å². The number of carbonyl (C=O) groups is 1. The van der Waals surface area contributed by atoms with Gasteiger partial charge in [-0.25, -0.2) is 4.79 Å². The van der Waals surface area contributed by atoms with E-state index >= 15 is 0 Å². The number of H-pyrrole nitrogens is 1. The Morgan fingerprint density at radius 1 is 1.06 bits per heavy atom. The topological polar surface area (TPSA) is 114 Å². The van der Waals surface area contributed by atoms with E-state index in [1.165, 1.54) is 21.8 Å². The van der Waals surface area contributed by atoms with Gasteiger partial charge >= 0.3 is 5.69 Å². The Morgan fingerprint density at radius 2 is 1.84 bits per heavy atom. The van der Waals surface area contributed by atoms with Gasteiger partial charge in [-0.1, -0.05) is 48.0 Å². The molecule has 0 fully saturated rings. The van der Waals surface area contributed by atoms with Crippen molar-refractivity contribution in [3.8, 4) is 0 Å². The van der Waals surface area contributed by atoms with Crippen LogP contribution in [0.25, 0.3) is 0 Å². The Kier molecular flexibility index (Phi) is 5.96. The molecule has 0 radical (unpaired) electrons. The first-order valence-corrected chi connectivity index (χ1v) is 10.1. The van der Waals surface area contributed by atoms with Gasteiger partial charge in [0.15, 0.2) is 5.69 Å². The van der Waals surface area contributed by atoms with Crippen molar-refractivity contribution < 1.29 is 9.21 Å². The molecule has 0 spiro atoms. The third kappa shape index (κ3) is 4.35. The van der Waals surface area contributed by atoms with E-state index in [4.69, 9.17) is 21.8 Å². The lowest BCUT2D eigenvalue weighted by molar-refractivity contribution is 0.0983. The van der Waals surface area contributed by atoms with Gasteiger partial charge < -0.3 is 10.2 Å². The lowest BCUT2D eigenvalue weighted by atomic mass is 10.1. The molecular weight excluding hydrogens is 432 g/mol. The fraction of sp³-hybridized carbons (Fsp3) is 0.0870. The number of nitrogen functional groups attached to an aromatic ring is 1. The van der Waals surface area contributed by atoms with Gasteiger partial charge in [-0.3, -0.25) is 24.0 Å². The van der Waals surface area contributed by atoms with Gasteiger partial charge in [-0.05, 0) is 35.9 Å². The third-order valence-electron chi connectivity index (χ3n) is 4.88. The predicted molar refractivity (Wildman–Crippen MR) is 122 cm³/mol. The van der Waals surface area contributed by atoms with Gasteiger partial charge in [0.25, 0.3) is 11.5 Å². The Labute approximate surface area is 187 Å².